The molecule has 1 aliphatic heterocycles. The second-order valence-corrected chi connectivity index (χ2v) is 10.0. The summed E-state index contributed by atoms with van der Waals surface area (Å²) in [5.74, 6) is -1.57. The van der Waals surface area contributed by atoms with E-state index in [1.807, 2.05) is 0 Å². The highest BCUT2D eigenvalue weighted by atomic mass is 32.2. The maximum atomic E-state index is 13.2. The van der Waals surface area contributed by atoms with Crippen molar-refractivity contribution in [1.82, 2.24) is 0 Å². The minimum absolute atomic E-state index is 0.0364. The molecule has 0 fully saturated rings. The number of Topliss-reactive ketones (excluding diaryl/α,β-unsaturated/α-hetero) is 1. The van der Waals surface area contributed by atoms with Crippen molar-refractivity contribution >= 4 is 27.2 Å². The van der Waals surface area contributed by atoms with E-state index >= 15 is 0 Å². The van der Waals surface area contributed by atoms with E-state index in [1.165, 1.54) is 17.0 Å². The minimum atomic E-state index is -6.07. The van der Waals surface area contributed by atoms with Gasteiger partial charge in [0, 0.05) is 29.6 Å². The highest BCUT2D eigenvalue weighted by molar-refractivity contribution is 7.90. The number of aliphatic hydroxyl groups is 1. The number of hydrogen-bond acceptors (Lipinski definition) is 6. The number of carbonyl (C=O) groups excluding carboxylic acids is 2. The van der Waals surface area contributed by atoms with Crippen LogP contribution in [0.1, 0.15) is 40.0 Å². The summed E-state index contributed by atoms with van der Waals surface area (Å²) in [5, 5.41) is 9.56. The van der Waals surface area contributed by atoms with Crippen LogP contribution < -0.4 is 10.6 Å². The Bertz CT molecular complexity index is 1290. The number of nitrogens with two attached hydrogens (primary N) is 1. The lowest BCUT2D eigenvalue weighted by atomic mass is 9.92. The van der Waals surface area contributed by atoms with Gasteiger partial charge in [-0.05, 0) is 42.3 Å². The predicted octanol–water partition coefficient (Wildman–Crippen LogP) is 3.15. The Morgan fingerprint density at radius 1 is 1.03 bits per heavy atom. The summed E-state index contributed by atoms with van der Waals surface area (Å²) in [4.78, 5) is 25.2. The molecule has 35 heavy (non-hydrogen) atoms. The van der Waals surface area contributed by atoms with Crippen LogP contribution in [0.25, 0.3) is 0 Å². The molecule has 3 N–H and O–H groups in total. The molecule has 1 atom stereocenters. The average molecular weight is 524 g/mol. The summed E-state index contributed by atoms with van der Waals surface area (Å²) in [6, 6.07) is 3.57. The third kappa shape index (κ3) is 4.35. The van der Waals surface area contributed by atoms with Gasteiger partial charge in [0.25, 0.3) is 5.60 Å². The molecule has 0 bridgehead atoms. The van der Waals surface area contributed by atoms with Gasteiger partial charge in [-0.1, -0.05) is 12.1 Å². The Morgan fingerprint density at radius 2 is 1.54 bits per heavy atom. The summed E-state index contributed by atoms with van der Waals surface area (Å²) in [6.45, 7) is 0.926. The Morgan fingerprint density at radius 3 is 1.94 bits per heavy atom. The summed E-state index contributed by atoms with van der Waals surface area (Å²) >= 11 is 0. The lowest BCUT2D eigenvalue weighted by Crippen LogP contribution is -2.53. The number of halogens is 6. The zero-order chi connectivity index (χ0) is 26.7. The van der Waals surface area contributed by atoms with Crippen LogP contribution >= 0.6 is 0 Å². The molecule has 1 heterocycles. The minimum Gasteiger partial charge on any atom is -0.369 e. The molecule has 0 radical (unpaired) electrons. The number of amides is 1. The fraction of sp³-hybridized carbons (Fsp3) is 0.333. The monoisotopic (exact) mass is 524 g/mol. The topological polar surface area (TPSA) is 118 Å². The number of ketones is 1. The van der Waals surface area contributed by atoms with E-state index in [-0.39, 0.29) is 33.8 Å². The van der Waals surface area contributed by atoms with Crippen molar-refractivity contribution in [2.75, 3.05) is 11.2 Å². The molecule has 1 aliphatic rings. The van der Waals surface area contributed by atoms with E-state index in [1.54, 1.807) is 0 Å². The Hall–Kier alpha value is -3.13. The zero-order valence-electron chi connectivity index (χ0n) is 18.0. The van der Waals surface area contributed by atoms with Crippen molar-refractivity contribution in [3.8, 4) is 0 Å². The number of benzene rings is 2. The highest BCUT2D eigenvalue weighted by Gasteiger charge is 2.71. The molecule has 0 spiro atoms. The van der Waals surface area contributed by atoms with Crippen LogP contribution in [0.3, 0.4) is 0 Å². The molecule has 1 amide bonds. The third-order valence-electron chi connectivity index (χ3n) is 5.67. The number of alkyl halides is 6. The van der Waals surface area contributed by atoms with Crippen molar-refractivity contribution in [1.29, 1.82) is 0 Å². The number of primary amides is 1. The number of nitrogens with zero attached hydrogens (tertiary/aromatic N) is 1. The molecule has 3 rings (SSSR count). The molecule has 0 aliphatic carbocycles. The second kappa shape index (κ2) is 8.22. The first-order chi connectivity index (χ1) is 15.8. The van der Waals surface area contributed by atoms with Crippen LogP contribution in [-0.2, 0) is 26.8 Å². The number of hydrogen-bond donors (Lipinski definition) is 2. The lowest BCUT2D eigenvalue weighted by Gasteiger charge is -2.33. The van der Waals surface area contributed by atoms with Crippen molar-refractivity contribution in [2.45, 2.75) is 42.4 Å². The average Bonchev–Trinajstić information content (AvgIpc) is 3.08. The van der Waals surface area contributed by atoms with Crippen molar-refractivity contribution in [3.63, 3.8) is 0 Å². The molecular formula is C21H18F6N2O5S. The van der Waals surface area contributed by atoms with E-state index in [4.69, 9.17) is 5.73 Å². The number of carbonyl (C=O) groups is 2. The first-order valence-corrected chi connectivity index (χ1v) is 11.6. The number of sulfone groups is 1. The lowest BCUT2D eigenvalue weighted by molar-refractivity contribution is -0.376. The van der Waals surface area contributed by atoms with Crippen LogP contribution in [0.5, 0.6) is 0 Å². The van der Waals surface area contributed by atoms with Gasteiger partial charge in [0.05, 0.1) is 4.90 Å². The first kappa shape index (κ1) is 26.5. The van der Waals surface area contributed by atoms with Gasteiger partial charge in [0.2, 0.25) is 5.91 Å². The van der Waals surface area contributed by atoms with Gasteiger partial charge >= 0.3 is 12.4 Å². The molecule has 2 aromatic rings. The van der Waals surface area contributed by atoms with Crippen LogP contribution in [-0.4, -0.2) is 43.8 Å². The summed E-state index contributed by atoms with van der Waals surface area (Å²) < 4.78 is 103. The second-order valence-electron chi connectivity index (χ2n) is 8.06. The van der Waals surface area contributed by atoms with E-state index in [2.05, 4.69) is 0 Å². The normalized spacial score (nSPS) is 16.8. The summed E-state index contributed by atoms with van der Waals surface area (Å²) in [7, 11) is -3.87. The molecule has 1 unspecified atom stereocenters. The van der Waals surface area contributed by atoms with E-state index in [9.17, 15) is 49.5 Å². The summed E-state index contributed by atoms with van der Waals surface area (Å²) in [6.07, 6.45) is -11.3. The van der Waals surface area contributed by atoms with Crippen LogP contribution in [0.15, 0.2) is 41.3 Å². The van der Waals surface area contributed by atoms with Crippen LogP contribution in [0.2, 0.25) is 0 Å². The summed E-state index contributed by atoms with van der Waals surface area (Å²) in [5.41, 5.74) is -0.939. The molecule has 14 heteroatoms. The molecule has 190 valence electrons. The quantitative estimate of drug-likeness (QED) is 0.459. The van der Waals surface area contributed by atoms with Gasteiger partial charge in [0.1, 0.15) is 6.04 Å². The smallest absolute Gasteiger partial charge is 0.369 e. The van der Waals surface area contributed by atoms with E-state index < -0.39 is 51.1 Å². The first-order valence-electron chi connectivity index (χ1n) is 9.71. The van der Waals surface area contributed by atoms with Gasteiger partial charge in [-0.15, -0.1) is 0 Å². The molecule has 7 nitrogen and oxygen atoms in total. The van der Waals surface area contributed by atoms with Gasteiger partial charge in [-0.25, -0.2) is 8.42 Å². The van der Waals surface area contributed by atoms with E-state index in [0.717, 1.165) is 25.3 Å². The number of anilines is 1. The third-order valence-corrected chi connectivity index (χ3v) is 6.81. The van der Waals surface area contributed by atoms with Crippen LogP contribution in [0.4, 0.5) is 32.0 Å². The highest BCUT2D eigenvalue weighted by Crippen LogP contribution is 2.50. The van der Waals surface area contributed by atoms with E-state index in [0.29, 0.717) is 12.1 Å². The molecule has 0 saturated heterocycles. The maximum Gasteiger partial charge on any atom is 0.430 e. The van der Waals surface area contributed by atoms with Crippen molar-refractivity contribution < 1.29 is 49.5 Å². The van der Waals surface area contributed by atoms with Gasteiger partial charge in [-0.3, -0.25) is 9.59 Å². The fourth-order valence-corrected chi connectivity index (χ4v) is 4.94. The van der Waals surface area contributed by atoms with Crippen molar-refractivity contribution in [3.05, 3.63) is 58.7 Å². The number of fused-ring (bicyclic) bond motifs is 1. The molecule has 0 saturated carbocycles. The fourth-order valence-electron chi connectivity index (χ4n) is 3.98. The maximum absolute atomic E-state index is 13.2. The molecular weight excluding hydrogens is 506 g/mol. The van der Waals surface area contributed by atoms with Crippen molar-refractivity contribution in [2.24, 2.45) is 5.73 Å². The molecule has 0 aromatic heterocycles. The molecule has 2 aromatic carbocycles. The predicted molar refractivity (Wildman–Crippen MR) is 110 cm³/mol. The zero-order valence-corrected chi connectivity index (χ0v) is 18.8. The Balaban J connectivity index is 2.12. The van der Waals surface area contributed by atoms with Gasteiger partial charge in [-0.2, -0.15) is 26.3 Å². The Kier molecular flexibility index (Phi) is 6.22. The van der Waals surface area contributed by atoms with Crippen LogP contribution in [0, 0.1) is 0 Å². The largest absolute Gasteiger partial charge is 0.430 e. The van der Waals surface area contributed by atoms with Gasteiger partial charge < -0.3 is 15.7 Å². The Labute approximate surface area is 195 Å². The van der Waals surface area contributed by atoms with Gasteiger partial charge in [0.15, 0.2) is 15.6 Å². The standard InChI is InChI=1S/C21H18F6N2O5S/c1-10(30)14-8-15-11(7-16(14)35(2,33)34)9-29(17(15)18(28)31)13-5-3-12(4-6-13)19(32,20(22,23)24)21(25,26)27/h3-8,17,32H,9H2,1-2H3,(H2,28,31). The SMILES string of the molecule is CC(=O)c1cc2c(cc1S(C)(=O)=O)CN(c1ccc(C(O)(C(F)(F)F)C(F)(F)F)cc1)C2C(N)=O. The number of rotatable bonds is 5.